The molecule has 11 heteroatoms. The molecule has 0 aliphatic heterocycles. The normalized spacial score (nSPS) is 17.4. The lowest BCUT2D eigenvalue weighted by atomic mass is 10.00. The minimum Gasteiger partial charge on any atom is -0.464 e. The molecule has 0 saturated heterocycles. The number of hydrogen-bond acceptors (Lipinski definition) is 7. The van der Waals surface area contributed by atoms with Crippen molar-refractivity contribution in [2.24, 2.45) is 5.92 Å². The highest BCUT2D eigenvalue weighted by molar-refractivity contribution is 7.50. The topological polar surface area (TPSA) is 140 Å². The molecule has 0 bridgehead atoms. The van der Waals surface area contributed by atoms with Gasteiger partial charge in [0, 0.05) is 26.3 Å². The first kappa shape index (κ1) is 24.6. The van der Waals surface area contributed by atoms with E-state index >= 15 is 0 Å². The predicted octanol–water partition coefficient (Wildman–Crippen LogP) is 1.27. The molecule has 1 amide bonds. The molecular weight excluding hydrogens is 391 g/mol. The van der Waals surface area contributed by atoms with Gasteiger partial charge in [0.25, 0.3) is 0 Å². The van der Waals surface area contributed by atoms with Crippen LogP contribution in [-0.4, -0.2) is 55.1 Å². The Morgan fingerprint density at radius 3 is 2.07 bits per heavy atom. The van der Waals surface area contributed by atoms with Crippen LogP contribution < -0.4 is 10.4 Å². The number of ether oxygens (including phenoxy) is 2. The van der Waals surface area contributed by atoms with Gasteiger partial charge in [-0.2, -0.15) is 0 Å². The molecular formula is C17H31N2O8P. The molecule has 0 radical (unpaired) electrons. The second-order valence-corrected chi connectivity index (χ2v) is 8.32. The first-order valence-corrected chi connectivity index (χ1v) is 11.1. The van der Waals surface area contributed by atoms with Crippen molar-refractivity contribution in [3.63, 3.8) is 0 Å². The van der Waals surface area contributed by atoms with Crippen molar-refractivity contribution in [1.29, 1.82) is 0 Å². The third-order valence-corrected chi connectivity index (χ3v) is 5.44. The maximum atomic E-state index is 12.1. The van der Waals surface area contributed by atoms with Crippen LogP contribution in [0.1, 0.15) is 52.4 Å². The van der Waals surface area contributed by atoms with E-state index in [0.717, 1.165) is 38.5 Å². The van der Waals surface area contributed by atoms with Gasteiger partial charge in [0.1, 0.15) is 13.2 Å². The first-order chi connectivity index (χ1) is 13.2. The van der Waals surface area contributed by atoms with Gasteiger partial charge in [0.05, 0.1) is 12.6 Å². The van der Waals surface area contributed by atoms with Gasteiger partial charge in [-0.15, -0.1) is 0 Å². The maximum Gasteiger partial charge on any atom is 0.403 e. The molecule has 1 unspecified atom stereocenters. The van der Waals surface area contributed by atoms with Crippen LogP contribution in [-0.2, 0) is 32.9 Å². The fourth-order valence-electron chi connectivity index (χ4n) is 2.86. The van der Waals surface area contributed by atoms with E-state index in [1.165, 1.54) is 13.8 Å². The first-order valence-electron chi connectivity index (χ1n) is 9.49. The molecule has 162 valence electrons. The lowest BCUT2D eigenvalue weighted by Gasteiger charge is -2.21. The number of esters is 2. The predicted molar refractivity (Wildman–Crippen MR) is 100 cm³/mol. The summed E-state index contributed by atoms with van der Waals surface area (Å²) in [6.07, 6.45) is 6.09. The number of amides is 1. The summed E-state index contributed by atoms with van der Waals surface area (Å²) >= 11 is 0. The summed E-state index contributed by atoms with van der Waals surface area (Å²) in [4.78, 5) is 43.9. The lowest BCUT2D eigenvalue weighted by molar-refractivity contribution is -0.144. The highest BCUT2D eigenvalue weighted by atomic mass is 31.2. The highest BCUT2D eigenvalue weighted by Gasteiger charge is 2.26. The zero-order chi connectivity index (χ0) is 21.0. The van der Waals surface area contributed by atoms with Gasteiger partial charge < -0.3 is 19.7 Å². The molecule has 0 aromatic carbocycles. The Kier molecular flexibility index (Phi) is 11.3. The maximum absolute atomic E-state index is 12.1. The number of carbonyl (C=O) groups excluding carboxylic acids is 3. The van der Waals surface area contributed by atoms with Crippen LogP contribution in [0.15, 0.2) is 0 Å². The summed E-state index contributed by atoms with van der Waals surface area (Å²) in [5.41, 5.74) is 0. The number of hydrogen-bond donors (Lipinski definition) is 3. The number of carbonyl (C=O) groups is 3. The highest BCUT2D eigenvalue weighted by Crippen LogP contribution is 2.37. The zero-order valence-electron chi connectivity index (χ0n) is 16.5. The van der Waals surface area contributed by atoms with Crippen molar-refractivity contribution in [1.82, 2.24) is 10.4 Å². The van der Waals surface area contributed by atoms with Gasteiger partial charge in [-0.3, -0.25) is 18.9 Å². The van der Waals surface area contributed by atoms with Crippen molar-refractivity contribution in [2.75, 3.05) is 26.4 Å². The summed E-state index contributed by atoms with van der Waals surface area (Å²) in [5.74, 6) is -1.23. The average Bonchev–Trinajstić information content (AvgIpc) is 2.90. The van der Waals surface area contributed by atoms with Crippen molar-refractivity contribution in [3.8, 4) is 0 Å². The third kappa shape index (κ3) is 11.4. The van der Waals surface area contributed by atoms with Crippen LogP contribution in [0.4, 0.5) is 0 Å². The molecule has 10 nitrogen and oxygen atoms in total. The Morgan fingerprint density at radius 1 is 1.04 bits per heavy atom. The molecule has 28 heavy (non-hydrogen) atoms. The Morgan fingerprint density at radius 2 is 1.57 bits per heavy atom. The van der Waals surface area contributed by atoms with Crippen molar-refractivity contribution < 1.29 is 37.8 Å². The molecule has 1 atom stereocenters. The van der Waals surface area contributed by atoms with E-state index in [9.17, 15) is 23.8 Å². The molecule has 0 aromatic rings. The molecule has 1 aliphatic rings. The summed E-state index contributed by atoms with van der Waals surface area (Å²) in [6, 6.07) is -0.913. The van der Waals surface area contributed by atoms with Crippen LogP contribution in [0, 0.1) is 5.92 Å². The number of rotatable bonds is 11. The molecule has 1 saturated carbocycles. The van der Waals surface area contributed by atoms with E-state index in [1.807, 2.05) is 0 Å². The fourth-order valence-corrected chi connectivity index (χ4v) is 3.88. The zero-order valence-corrected chi connectivity index (χ0v) is 17.4. The molecule has 0 spiro atoms. The Bertz CT molecular complexity index is 545. The van der Waals surface area contributed by atoms with Crippen LogP contribution in [0.3, 0.4) is 0 Å². The molecule has 1 rings (SSSR count). The molecule has 3 N–H and O–H groups in total. The lowest BCUT2D eigenvalue weighted by Crippen LogP contribution is -2.38. The van der Waals surface area contributed by atoms with Crippen LogP contribution in [0.5, 0.6) is 0 Å². The molecule has 1 fully saturated rings. The third-order valence-electron chi connectivity index (χ3n) is 4.21. The quantitative estimate of drug-likeness (QED) is 0.194. The van der Waals surface area contributed by atoms with Gasteiger partial charge in [-0.1, -0.05) is 25.7 Å². The van der Waals surface area contributed by atoms with E-state index in [4.69, 9.17) is 14.0 Å². The smallest absolute Gasteiger partial charge is 0.403 e. The van der Waals surface area contributed by atoms with E-state index < -0.39 is 25.7 Å². The standard InChI is InChI=1S/C17H31N2O8P/c1-13(20)25-11-16(12-26-14(2)21)19-28(23,24)27-10-9-18-17(22)15-7-5-3-4-6-8-15/h15-16H,3-12H2,1-2H3,(H,18,22)(H2,19,23,24). The van der Waals surface area contributed by atoms with Crippen molar-refractivity contribution >= 4 is 25.6 Å². The van der Waals surface area contributed by atoms with Gasteiger partial charge >= 0.3 is 19.7 Å². The largest absolute Gasteiger partial charge is 0.464 e. The fraction of sp³-hybridized carbons (Fsp3) is 0.824. The molecule has 1 aliphatic carbocycles. The summed E-state index contributed by atoms with van der Waals surface area (Å²) < 4.78 is 26.6. The average molecular weight is 422 g/mol. The van der Waals surface area contributed by atoms with Crippen LogP contribution in [0.25, 0.3) is 0 Å². The number of nitrogens with one attached hydrogen (secondary N) is 2. The van der Waals surface area contributed by atoms with E-state index in [0.29, 0.717) is 0 Å². The van der Waals surface area contributed by atoms with Crippen molar-refractivity contribution in [2.45, 2.75) is 58.4 Å². The second kappa shape index (κ2) is 12.9. The van der Waals surface area contributed by atoms with E-state index in [1.54, 1.807) is 0 Å². The Labute approximate surface area is 165 Å². The minimum absolute atomic E-state index is 0.0154. The Balaban J connectivity index is 2.38. The van der Waals surface area contributed by atoms with Gasteiger partial charge in [0.15, 0.2) is 0 Å². The monoisotopic (exact) mass is 422 g/mol. The van der Waals surface area contributed by atoms with Crippen LogP contribution >= 0.6 is 7.75 Å². The minimum atomic E-state index is -4.25. The van der Waals surface area contributed by atoms with Gasteiger partial charge in [-0.25, -0.2) is 9.65 Å². The van der Waals surface area contributed by atoms with E-state index in [-0.39, 0.29) is 38.2 Å². The van der Waals surface area contributed by atoms with Gasteiger partial charge in [-0.05, 0) is 12.8 Å². The second-order valence-electron chi connectivity index (χ2n) is 6.76. The van der Waals surface area contributed by atoms with Crippen LogP contribution in [0.2, 0.25) is 0 Å². The SMILES string of the molecule is CC(=O)OCC(COC(C)=O)NP(=O)(O)OCCNC(=O)C1CCCCCC1. The summed E-state index contributed by atoms with van der Waals surface area (Å²) in [7, 11) is -4.25. The van der Waals surface area contributed by atoms with Gasteiger partial charge in [0.2, 0.25) is 5.91 Å². The summed E-state index contributed by atoms with van der Waals surface area (Å²) in [5, 5.41) is 5.01. The molecule has 0 aromatic heterocycles. The summed E-state index contributed by atoms with van der Waals surface area (Å²) in [6.45, 7) is 1.76. The molecule has 0 heterocycles. The van der Waals surface area contributed by atoms with Crippen molar-refractivity contribution in [3.05, 3.63) is 0 Å². The van der Waals surface area contributed by atoms with E-state index in [2.05, 4.69) is 10.4 Å². The Hall–Kier alpha value is -1.48.